The Morgan fingerprint density at radius 3 is 1.80 bits per heavy atom. The van der Waals surface area contributed by atoms with Gasteiger partial charge in [0.05, 0.1) is 0 Å². The molecule has 0 saturated heterocycles. The van der Waals surface area contributed by atoms with Crippen LogP contribution in [-0.4, -0.2) is 0 Å². The Morgan fingerprint density at radius 2 is 0.955 bits per heavy atom. The Bertz CT molecular complexity index is 2140. The molecule has 0 saturated carbocycles. The van der Waals surface area contributed by atoms with Crippen molar-refractivity contribution in [1.29, 1.82) is 0 Å². The van der Waals surface area contributed by atoms with Crippen molar-refractivity contribution in [1.82, 2.24) is 0 Å². The van der Waals surface area contributed by atoms with Crippen LogP contribution in [0.2, 0.25) is 0 Å². The first-order valence-corrected chi connectivity index (χ1v) is 15.4. The van der Waals surface area contributed by atoms with Gasteiger partial charge in [0.15, 0.2) is 0 Å². The van der Waals surface area contributed by atoms with Crippen LogP contribution in [-0.2, 0) is 5.41 Å². The average Bonchev–Trinajstić information content (AvgIpc) is 3.31. The van der Waals surface area contributed by atoms with Gasteiger partial charge in [0.25, 0.3) is 0 Å². The molecule has 1 nitrogen and oxygen atoms in total. The van der Waals surface area contributed by atoms with E-state index in [1.54, 1.807) is 0 Å². The molecule has 0 fully saturated rings. The largest absolute Gasteiger partial charge is 0.310 e. The van der Waals surface area contributed by atoms with Crippen LogP contribution in [0.25, 0.3) is 44.2 Å². The zero-order chi connectivity index (χ0) is 29.7. The van der Waals surface area contributed by atoms with Crippen LogP contribution >= 0.6 is 0 Å². The van der Waals surface area contributed by atoms with Crippen molar-refractivity contribution in [2.75, 3.05) is 4.90 Å². The molecule has 8 rings (SSSR count). The van der Waals surface area contributed by atoms with Crippen LogP contribution in [0, 0.1) is 0 Å². The fourth-order valence-electron chi connectivity index (χ4n) is 6.90. The Morgan fingerprint density at radius 1 is 0.364 bits per heavy atom. The number of para-hydroxylation sites is 1. The van der Waals surface area contributed by atoms with Gasteiger partial charge in [0, 0.05) is 22.5 Å². The van der Waals surface area contributed by atoms with Gasteiger partial charge in [-0.3, -0.25) is 0 Å². The van der Waals surface area contributed by atoms with Gasteiger partial charge in [0.1, 0.15) is 0 Å². The van der Waals surface area contributed by atoms with Crippen molar-refractivity contribution < 1.29 is 0 Å². The SMILES string of the molecule is CC1(C)c2ccccc2-c2ccc(-c3ccc(N(c4ccccc4)c4cccc(-c5ccc6ccccc6c5)c4)cc3)cc21. The fraction of sp³-hybridized carbons (Fsp3) is 0.0698. The molecule has 0 radical (unpaired) electrons. The van der Waals surface area contributed by atoms with E-state index in [1.807, 2.05) is 0 Å². The number of nitrogens with zero attached hydrogens (tertiary/aromatic N) is 1. The lowest BCUT2D eigenvalue weighted by molar-refractivity contribution is 0.660. The second-order valence-electron chi connectivity index (χ2n) is 12.3. The quantitative estimate of drug-likeness (QED) is 0.201. The summed E-state index contributed by atoms with van der Waals surface area (Å²) in [5, 5.41) is 2.51. The zero-order valence-corrected chi connectivity index (χ0v) is 25.0. The first-order valence-electron chi connectivity index (χ1n) is 15.4. The third-order valence-corrected chi connectivity index (χ3v) is 9.24. The second-order valence-corrected chi connectivity index (χ2v) is 12.3. The van der Waals surface area contributed by atoms with Gasteiger partial charge in [-0.1, -0.05) is 129 Å². The van der Waals surface area contributed by atoms with E-state index in [2.05, 4.69) is 183 Å². The van der Waals surface area contributed by atoms with Crippen LogP contribution in [0.5, 0.6) is 0 Å². The molecule has 0 aliphatic heterocycles. The van der Waals surface area contributed by atoms with Gasteiger partial charge >= 0.3 is 0 Å². The zero-order valence-electron chi connectivity index (χ0n) is 25.0. The van der Waals surface area contributed by atoms with E-state index in [0.29, 0.717) is 0 Å². The van der Waals surface area contributed by atoms with Gasteiger partial charge in [-0.05, 0) is 104 Å². The smallest absolute Gasteiger partial charge is 0.0467 e. The second kappa shape index (κ2) is 10.4. The molecule has 0 atom stereocenters. The van der Waals surface area contributed by atoms with E-state index in [4.69, 9.17) is 0 Å². The summed E-state index contributed by atoms with van der Waals surface area (Å²) in [6.45, 7) is 4.68. The van der Waals surface area contributed by atoms with Crippen molar-refractivity contribution in [3.8, 4) is 33.4 Å². The predicted molar refractivity (Wildman–Crippen MR) is 187 cm³/mol. The summed E-state index contributed by atoms with van der Waals surface area (Å²) in [7, 11) is 0. The highest BCUT2D eigenvalue weighted by Crippen LogP contribution is 2.49. The minimum atomic E-state index is -0.0119. The predicted octanol–water partition coefficient (Wildman–Crippen LogP) is 11.9. The molecular formula is C43H33N. The van der Waals surface area contributed by atoms with Crippen molar-refractivity contribution >= 4 is 27.8 Å². The van der Waals surface area contributed by atoms with E-state index in [0.717, 1.165) is 17.1 Å². The normalized spacial score (nSPS) is 13.0. The molecule has 0 unspecified atom stereocenters. The highest BCUT2D eigenvalue weighted by Gasteiger charge is 2.35. The third-order valence-electron chi connectivity index (χ3n) is 9.24. The van der Waals surface area contributed by atoms with Crippen LogP contribution in [0.1, 0.15) is 25.0 Å². The van der Waals surface area contributed by atoms with Crippen molar-refractivity contribution in [2.45, 2.75) is 19.3 Å². The van der Waals surface area contributed by atoms with E-state index >= 15 is 0 Å². The molecule has 1 aliphatic rings. The van der Waals surface area contributed by atoms with Crippen molar-refractivity contribution in [3.05, 3.63) is 175 Å². The molecule has 44 heavy (non-hydrogen) atoms. The maximum absolute atomic E-state index is 2.40. The summed E-state index contributed by atoms with van der Waals surface area (Å²) in [6.07, 6.45) is 0. The van der Waals surface area contributed by atoms with Gasteiger partial charge in [-0.25, -0.2) is 0 Å². The molecule has 1 aliphatic carbocycles. The first kappa shape index (κ1) is 26.2. The number of benzene rings is 7. The number of anilines is 3. The van der Waals surface area contributed by atoms with Gasteiger partial charge in [0.2, 0.25) is 0 Å². The number of hydrogen-bond donors (Lipinski definition) is 0. The molecule has 0 heterocycles. The molecule has 0 amide bonds. The minimum Gasteiger partial charge on any atom is -0.310 e. The summed E-state index contributed by atoms with van der Waals surface area (Å²) in [5.41, 5.74) is 13.8. The summed E-state index contributed by atoms with van der Waals surface area (Å²) >= 11 is 0. The van der Waals surface area contributed by atoms with E-state index in [-0.39, 0.29) is 5.41 Å². The molecule has 210 valence electrons. The number of rotatable bonds is 5. The lowest BCUT2D eigenvalue weighted by atomic mass is 9.81. The van der Waals surface area contributed by atoms with Gasteiger partial charge < -0.3 is 4.90 Å². The Hall–Kier alpha value is -5.40. The van der Waals surface area contributed by atoms with Crippen LogP contribution in [0.3, 0.4) is 0 Å². The van der Waals surface area contributed by atoms with Crippen LogP contribution in [0.4, 0.5) is 17.1 Å². The monoisotopic (exact) mass is 563 g/mol. The van der Waals surface area contributed by atoms with E-state index < -0.39 is 0 Å². The average molecular weight is 564 g/mol. The Balaban J connectivity index is 1.17. The van der Waals surface area contributed by atoms with Crippen LogP contribution in [0.15, 0.2) is 164 Å². The number of hydrogen-bond acceptors (Lipinski definition) is 1. The van der Waals surface area contributed by atoms with Gasteiger partial charge in [-0.15, -0.1) is 0 Å². The molecule has 7 aromatic carbocycles. The highest BCUT2D eigenvalue weighted by molar-refractivity contribution is 5.89. The summed E-state index contributed by atoms with van der Waals surface area (Å²) in [6, 6.07) is 59.6. The molecule has 1 heteroatoms. The standard InChI is InChI=1S/C43H33N/c1-43(2)41-18-9-8-17-39(41)40-26-23-35(29-42(40)43)31-21-24-37(25-22-31)44(36-14-4-3-5-15-36)38-16-10-13-33(28-38)34-20-19-30-11-6-7-12-32(30)27-34/h3-29H,1-2H3. The van der Waals surface area contributed by atoms with Gasteiger partial charge in [-0.2, -0.15) is 0 Å². The maximum atomic E-state index is 2.40. The maximum Gasteiger partial charge on any atom is 0.0467 e. The van der Waals surface area contributed by atoms with E-state index in [9.17, 15) is 0 Å². The third kappa shape index (κ3) is 4.41. The molecule has 0 spiro atoms. The number of fused-ring (bicyclic) bond motifs is 4. The minimum absolute atomic E-state index is 0.0119. The molecule has 0 N–H and O–H groups in total. The summed E-state index contributed by atoms with van der Waals surface area (Å²) < 4.78 is 0. The Kier molecular flexibility index (Phi) is 6.20. The van der Waals surface area contributed by atoms with Crippen molar-refractivity contribution in [3.63, 3.8) is 0 Å². The highest BCUT2D eigenvalue weighted by atomic mass is 15.1. The topological polar surface area (TPSA) is 3.24 Å². The lowest BCUT2D eigenvalue weighted by Gasteiger charge is -2.26. The first-order chi connectivity index (χ1) is 21.6. The summed E-state index contributed by atoms with van der Waals surface area (Å²) in [5.74, 6) is 0. The fourth-order valence-corrected chi connectivity index (χ4v) is 6.90. The summed E-state index contributed by atoms with van der Waals surface area (Å²) in [4.78, 5) is 2.34. The van der Waals surface area contributed by atoms with Crippen molar-refractivity contribution in [2.24, 2.45) is 0 Å². The molecule has 7 aromatic rings. The Labute approximate surface area is 259 Å². The molecule has 0 aromatic heterocycles. The molecular weight excluding hydrogens is 530 g/mol. The molecule has 0 bridgehead atoms. The van der Waals surface area contributed by atoms with Crippen LogP contribution < -0.4 is 4.90 Å². The van der Waals surface area contributed by atoms with E-state index in [1.165, 1.54) is 55.3 Å². The lowest BCUT2D eigenvalue weighted by Crippen LogP contribution is -2.14.